The lowest BCUT2D eigenvalue weighted by Gasteiger charge is -2.37. The number of nitrogens with zero attached hydrogens (tertiary/aromatic N) is 2. The predicted molar refractivity (Wildman–Crippen MR) is 113 cm³/mol. The largest absolute Gasteiger partial charge is 0.491 e. The van der Waals surface area contributed by atoms with E-state index in [1.165, 1.54) is 18.3 Å². The smallest absolute Gasteiger partial charge is 0.404 e. The molecule has 2 N–H and O–H groups in total. The first-order valence-corrected chi connectivity index (χ1v) is 9.92. The fraction of sp³-hybridized carbons (Fsp3) is 0.429. The van der Waals surface area contributed by atoms with Crippen LogP contribution in [0.1, 0.15) is 33.6 Å². The molecule has 1 saturated carbocycles. The van der Waals surface area contributed by atoms with Gasteiger partial charge in [0.15, 0.2) is 0 Å². The lowest BCUT2D eigenvalue weighted by Crippen LogP contribution is -2.51. The van der Waals surface area contributed by atoms with Crippen molar-refractivity contribution >= 4 is 23.4 Å². The van der Waals surface area contributed by atoms with Gasteiger partial charge in [-0.05, 0) is 42.0 Å². The number of benzene rings is 1. The number of non-ortho nitro benzene ring substituents is 1. The van der Waals surface area contributed by atoms with E-state index in [9.17, 15) is 20.0 Å². The quantitative estimate of drug-likeness (QED) is 0.354. The molecule has 1 aliphatic carbocycles. The molecule has 3 rings (SSSR count). The fourth-order valence-electron chi connectivity index (χ4n) is 3.79. The Balaban J connectivity index is 1.78. The summed E-state index contributed by atoms with van der Waals surface area (Å²) in [6.07, 6.45) is 2.20. The number of carboxylic acid groups (broad SMARTS) is 1. The van der Waals surface area contributed by atoms with Crippen LogP contribution in [0.4, 0.5) is 10.5 Å². The van der Waals surface area contributed by atoms with Crippen molar-refractivity contribution in [2.75, 3.05) is 6.61 Å². The zero-order valence-electron chi connectivity index (χ0n) is 17.0. The van der Waals surface area contributed by atoms with Crippen molar-refractivity contribution in [3.8, 4) is 16.9 Å². The third-order valence-electron chi connectivity index (χ3n) is 5.37. The van der Waals surface area contributed by atoms with Crippen molar-refractivity contribution in [2.24, 2.45) is 10.8 Å². The number of rotatable bonds is 7. The first kappa shape index (κ1) is 21.8. The second kappa shape index (κ2) is 8.10. The van der Waals surface area contributed by atoms with Crippen molar-refractivity contribution in [2.45, 2.75) is 39.7 Å². The van der Waals surface area contributed by atoms with Gasteiger partial charge in [0.2, 0.25) is 0 Å². The summed E-state index contributed by atoms with van der Waals surface area (Å²) >= 11 is 6.23. The zero-order chi connectivity index (χ0) is 22.1. The molecule has 0 radical (unpaired) electrons. The lowest BCUT2D eigenvalue weighted by molar-refractivity contribution is -0.384. The number of nitro groups is 1. The molecule has 9 heteroatoms. The first-order valence-electron chi connectivity index (χ1n) is 9.54. The number of pyridine rings is 1. The average molecular weight is 434 g/mol. The van der Waals surface area contributed by atoms with Gasteiger partial charge in [-0.1, -0.05) is 32.4 Å². The molecule has 1 atom stereocenters. The first-order chi connectivity index (χ1) is 14.0. The minimum atomic E-state index is -1.05. The van der Waals surface area contributed by atoms with Crippen LogP contribution in [0.2, 0.25) is 5.15 Å². The summed E-state index contributed by atoms with van der Waals surface area (Å²) in [7, 11) is 0. The van der Waals surface area contributed by atoms with Crippen molar-refractivity contribution in [3.05, 3.63) is 51.8 Å². The third kappa shape index (κ3) is 4.81. The van der Waals surface area contributed by atoms with E-state index in [1.54, 1.807) is 18.2 Å². The Hall–Kier alpha value is -2.87. The van der Waals surface area contributed by atoms with E-state index in [0.29, 0.717) is 23.5 Å². The molecule has 1 aromatic heterocycles. The number of nitro benzene ring substituents is 1. The Morgan fingerprint density at radius 2 is 2.00 bits per heavy atom. The number of aromatic nitrogens is 1. The van der Waals surface area contributed by atoms with Crippen LogP contribution in [0.5, 0.6) is 5.75 Å². The van der Waals surface area contributed by atoms with Crippen LogP contribution in [0, 0.1) is 20.9 Å². The minimum Gasteiger partial charge on any atom is -0.491 e. The standard InChI is InChI=1S/C21H24ClN3O5/c1-20(2,3)18(24-19(26)27)21(8-9-21)12-30-15-10-16(17(22)23-11-15)13-4-6-14(7-5-13)25(28)29/h4-7,10-11,18,24H,8-9,12H2,1-3H3,(H,26,27). The van der Waals surface area contributed by atoms with E-state index in [0.717, 1.165) is 12.8 Å². The number of nitrogens with one attached hydrogen (secondary N) is 1. The predicted octanol–water partition coefficient (Wildman–Crippen LogP) is 5.15. The van der Waals surface area contributed by atoms with Gasteiger partial charge in [-0.15, -0.1) is 0 Å². The maximum absolute atomic E-state index is 11.3. The molecule has 1 fully saturated rings. The van der Waals surface area contributed by atoms with E-state index in [-0.39, 0.29) is 27.7 Å². The normalized spacial score (nSPS) is 15.9. The summed E-state index contributed by atoms with van der Waals surface area (Å²) in [4.78, 5) is 25.9. The van der Waals surface area contributed by atoms with Gasteiger partial charge in [0.1, 0.15) is 10.9 Å². The molecule has 1 aromatic carbocycles. The minimum absolute atomic E-state index is 0.00920. The second-order valence-electron chi connectivity index (χ2n) is 8.71. The third-order valence-corrected chi connectivity index (χ3v) is 5.67. The van der Waals surface area contributed by atoms with Crippen LogP contribution in [0.15, 0.2) is 36.5 Å². The van der Waals surface area contributed by atoms with Crippen molar-refractivity contribution < 1.29 is 19.6 Å². The number of hydrogen-bond acceptors (Lipinski definition) is 5. The molecular weight excluding hydrogens is 410 g/mol. The molecule has 0 saturated heterocycles. The summed E-state index contributed by atoms with van der Waals surface area (Å²) in [5.41, 5.74) is 0.740. The Bertz CT molecular complexity index is 952. The van der Waals surface area contributed by atoms with Crippen LogP contribution in [-0.2, 0) is 0 Å². The molecule has 0 aliphatic heterocycles. The van der Waals surface area contributed by atoms with E-state index in [2.05, 4.69) is 10.3 Å². The highest BCUT2D eigenvalue weighted by molar-refractivity contribution is 6.32. The number of amides is 1. The molecule has 30 heavy (non-hydrogen) atoms. The van der Waals surface area contributed by atoms with Gasteiger partial charge in [-0.2, -0.15) is 0 Å². The van der Waals surface area contributed by atoms with Crippen LogP contribution < -0.4 is 10.1 Å². The number of carbonyl (C=O) groups is 1. The monoisotopic (exact) mass is 433 g/mol. The highest BCUT2D eigenvalue weighted by Gasteiger charge is 2.54. The summed E-state index contributed by atoms with van der Waals surface area (Å²) in [6.45, 7) is 6.36. The summed E-state index contributed by atoms with van der Waals surface area (Å²) in [5, 5.41) is 23.0. The zero-order valence-corrected chi connectivity index (χ0v) is 17.8. The molecule has 1 unspecified atom stereocenters. The van der Waals surface area contributed by atoms with E-state index in [1.807, 2.05) is 20.8 Å². The van der Waals surface area contributed by atoms with Gasteiger partial charge < -0.3 is 15.2 Å². The van der Waals surface area contributed by atoms with E-state index < -0.39 is 11.0 Å². The molecule has 8 nitrogen and oxygen atoms in total. The van der Waals surface area contributed by atoms with Gasteiger partial charge in [0.05, 0.1) is 17.7 Å². The maximum atomic E-state index is 11.3. The van der Waals surface area contributed by atoms with Gasteiger partial charge in [-0.25, -0.2) is 9.78 Å². The number of halogens is 1. The van der Waals surface area contributed by atoms with Gasteiger partial charge in [0, 0.05) is 29.2 Å². The van der Waals surface area contributed by atoms with Gasteiger partial charge in [0.25, 0.3) is 5.69 Å². The lowest BCUT2D eigenvalue weighted by atomic mass is 9.77. The van der Waals surface area contributed by atoms with Crippen LogP contribution >= 0.6 is 11.6 Å². The van der Waals surface area contributed by atoms with Crippen LogP contribution in [0.25, 0.3) is 11.1 Å². The second-order valence-corrected chi connectivity index (χ2v) is 9.07. The van der Waals surface area contributed by atoms with Crippen molar-refractivity contribution in [1.82, 2.24) is 10.3 Å². The summed E-state index contributed by atoms with van der Waals surface area (Å²) in [5.74, 6) is 0.502. The maximum Gasteiger partial charge on any atom is 0.404 e. The molecule has 1 aliphatic rings. The van der Waals surface area contributed by atoms with Crippen molar-refractivity contribution in [3.63, 3.8) is 0 Å². The van der Waals surface area contributed by atoms with Crippen molar-refractivity contribution in [1.29, 1.82) is 0 Å². The summed E-state index contributed by atoms with van der Waals surface area (Å²) < 4.78 is 6.01. The number of hydrogen-bond donors (Lipinski definition) is 2. The number of ether oxygens (including phenoxy) is 1. The van der Waals surface area contributed by atoms with Gasteiger partial charge in [-0.3, -0.25) is 10.1 Å². The molecule has 160 valence electrons. The van der Waals surface area contributed by atoms with E-state index in [4.69, 9.17) is 16.3 Å². The molecule has 1 amide bonds. The highest BCUT2D eigenvalue weighted by Crippen LogP contribution is 2.53. The molecule has 2 aromatic rings. The highest BCUT2D eigenvalue weighted by atomic mass is 35.5. The fourth-order valence-corrected chi connectivity index (χ4v) is 4.00. The molecule has 1 heterocycles. The van der Waals surface area contributed by atoms with Crippen LogP contribution in [0.3, 0.4) is 0 Å². The molecule has 0 spiro atoms. The molecular formula is C21H24ClN3O5. The van der Waals surface area contributed by atoms with E-state index >= 15 is 0 Å². The summed E-state index contributed by atoms with van der Waals surface area (Å²) in [6, 6.07) is 7.52. The topological polar surface area (TPSA) is 115 Å². The SMILES string of the molecule is CC(C)(C)C(NC(=O)O)C1(COc2cnc(Cl)c(-c3ccc([N+](=O)[O-])cc3)c2)CC1. The average Bonchev–Trinajstić information content (AvgIpc) is 3.45. The Morgan fingerprint density at radius 3 is 2.50 bits per heavy atom. The molecule has 0 bridgehead atoms. The van der Waals surface area contributed by atoms with Crippen LogP contribution in [-0.4, -0.2) is 33.8 Å². The Labute approximate surface area is 179 Å². The Morgan fingerprint density at radius 1 is 1.37 bits per heavy atom. The Kier molecular flexibility index (Phi) is 5.90. The van der Waals surface area contributed by atoms with Gasteiger partial charge >= 0.3 is 6.09 Å².